The number of halogens is 2. The van der Waals surface area contributed by atoms with E-state index in [1.54, 1.807) is 59.5 Å². The molecule has 1 aliphatic heterocycles. The third kappa shape index (κ3) is 5.94. The van der Waals surface area contributed by atoms with Crippen molar-refractivity contribution in [1.82, 2.24) is 14.9 Å². The van der Waals surface area contributed by atoms with Gasteiger partial charge in [0, 0.05) is 23.9 Å². The third-order valence-corrected chi connectivity index (χ3v) is 6.44. The molecule has 0 fully saturated rings. The van der Waals surface area contributed by atoms with Crippen molar-refractivity contribution in [1.29, 1.82) is 0 Å². The van der Waals surface area contributed by atoms with Gasteiger partial charge in [-0.15, -0.1) is 0 Å². The van der Waals surface area contributed by atoms with E-state index in [0.29, 0.717) is 64.3 Å². The molecule has 1 N–H and O–H groups in total. The summed E-state index contributed by atoms with van der Waals surface area (Å²) in [5.41, 5.74) is 2.29. The average Bonchev–Trinajstić information content (AvgIpc) is 2.93. The number of aromatic nitrogens is 2. The molecule has 1 unspecified atom stereocenters. The standard InChI is InChI=1S/C29H27ClFN5O3/c1-35(2)15-5-8-25(37)36-16-17-38-27-24(36)14-13-23-26(27)29(33-18-32-23)34-19-9-11-20(12-10-19)39-28(31)21-6-3-4-7-22(21)30/h3-14,18,28H,15-17H2,1-2H3,(H,32,33,34)/b8-5+. The van der Waals surface area contributed by atoms with Gasteiger partial charge in [0.2, 0.25) is 0 Å². The van der Waals surface area contributed by atoms with E-state index in [-0.39, 0.29) is 11.5 Å². The summed E-state index contributed by atoms with van der Waals surface area (Å²) >= 11 is 6.08. The van der Waals surface area contributed by atoms with Crippen molar-refractivity contribution in [2.24, 2.45) is 0 Å². The van der Waals surface area contributed by atoms with Crippen molar-refractivity contribution in [2.45, 2.75) is 6.36 Å². The number of benzene rings is 3. The molecule has 2 heterocycles. The molecule has 3 aromatic carbocycles. The predicted molar refractivity (Wildman–Crippen MR) is 151 cm³/mol. The molecule has 0 radical (unpaired) electrons. The molecule has 1 atom stereocenters. The maximum atomic E-state index is 14.7. The van der Waals surface area contributed by atoms with Crippen LogP contribution >= 0.6 is 11.6 Å². The number of anilines is 3. The number of rotatable bonds is 8. The zero-order chi connectivity index (χ0) is 27.4. The number of nitrogens with zero attached hydrogens (tertiary/aromatic N) is 4. The molecule has 200 valence electrons. The van der Waals surface area contributed by atoms with Crippen LogP contribution < -0.4 is 19.7 Å². The van der Waals surface area contributed by atoms with Crippen molar-refractivity contribution >= 4 is 45.6 Å². The lowest BCUT2D eigenvalue weighted by atomic mass is 10.1. The first-order valence-electron chi connectivity index (χ1n) is 12.4. The van der Waals surface area contributed by atoms with Crippen molar-refractivity contribution in [2.75, 3.05) is 44.0 Å². The number of alkyl halides is 1. The number of hydrogen-bond donors (Lipinski definition) is 1. The molecule has 0 aliphatic carbocycles. The van der Waals surface area contributed by atoms with E-state index in [0.717, 1.165) is 0 Å². The number of fused-ring (bicyclic) bond motifs is 3. The highest BCUT2D eigenvalue weighted by Crippen LogP contribution is 2.41. The van der Waals surface area contributed by atoms with Crippen LogP contribution in [-0.2, 0) is 4.79 Å². The molecule has 10 heteroatoms. The second-order valence-electron chi connectivity index (χ2n) is 9.14. The van der Waals surface area contributed by atoms with Crippen molar-refractivity contribution < 1.29 is 18.7 Å². The van der Waals surface area contributed by atoms with Crippen LogP contribution in [0.15, 0.2) is 79.1 Å². The summed E-state index contributed by atoms with van der Waals surface area (Å²) < 4.78 is 26.1. The number of carbonyl (C=O) groups excluding carboxylic acids is 1. The van der Waals surface area contributed by atoms with Crippen LogP contribution in [0, 0.1) is 0 Å². The normalized spacial score (nSPS) is 13.8. The van der Waals surface area contributed by atoms with Gasteiger partial charge in [0.1, 0.15) is 24.5 Å². The number of carbonyl (C=O) groups is 1. The molecule has 0 saturated heterocycles. The third-order valence-electron chi connectivity index (χ3n) is 6.09. The summed E-state index contributed by atoms with van der Waals surface area (Å²) in [7, 11) is 3.89. The van der Waals surface area contributed by atoms with Crippen LogP contribution in [0.3, 0.4) is 0 Å². The van der Waals surface area contributed by atoms with Crippen molar-refractivity contribution in [3.8, 4) is 11.5 Å². The molecule has 0 saturated carbocycles. The van der Waals surface area contributed by atoms with Crippen molar-refractivity contribution in [3.63, 3.8) is 0 Å². The Balaban J connectivity index is 1.38. The Hall–Kier alpha value is -4.21. The van der Waals surface area contributed by atoms with Crippen LogP contribution in [0.25, 0.3) is 10.9 Å². The van der Waals surface area contributed by atoms with Gasteiger partial charge in [-0.05, 0) is 56.6 Å². The summed E-state index contributed by atoms with van der Waals surface area (Å²) in [4.78, 5) is 25.4. The Labute approximate surface area is 230 Å². The van der Waals surface area contributed by atoms with E-state index in [2.05, 4.69) is 15.3 Å². The second-order valence-corrected chi connectivity index (χ2v) is 9.55. The number of ether oxygens (including phenoxy) is 2. The van der Waals surface area contributed by atoms with E-state index in [9.17, 15) is 9.18 Å². The van der Waals surface area contributed by atoms with Gasteiger partial charge >= 0.3 is 0 Å². The monoisotopic (exact) mass is 547 g/mol. The number of hydrogen-bond acceptors (Lipinski definition) is 7. The smallest absolute Gasteiger partial charge is 0.265 e. The lowest BCUT2D eigenvalue weighted by Gasteiger charge is -2.30. The first-order valence-corrected chi connectivity index (χ1v) is 12.7. The molecule has 1 aromatic heterocycles. The Bertz CT molecular complexity index is 1510. The van der Waals surface area contributed by atoms with Crippen LogP contribution in [0.4, 0.5) is 21.6 Å². The fourth-order valence-electron chi connectivity index (χ4n) is 4.20. The van der Waals surface area contributed by atoms with E-state index < -0.39 is 6.36 Å². The van der Waals surface area contributed by atoms with E-state index in [4.69, 9.17) is 21.1 Å². The minimum atomic E-state index is -1.70. The molecule has 0 spiro atoms. The molecule has 39 heavy (non-hydrogen) atoms. The highest BCUT2D eigenvalue weighted by molar-refractivity contribution is 6.31. The summed E-state index contributed by atoms with van der Waals surface area (Å²) in [6.45, 7) is 1.44. The Morgan fingerprint density at radius 3 is 2.74 bits per heavy atom. The maximum absolute atomic E-state index is 14.7. The maximum Gasteiger partial charge on any atom is 0.265 e. The molecular formula is C29H27ClFN5O3. The SMILES string of the molecule is CN(C)C/C=C/C(=O)N1CCOc2c1ccc1ncnc(Nc3ccc(OC(F)c4ccccc4Cl)cc3)c21. The summed E-state index contributed by atoms with van der Waals surface area (Å²) in [6, 6.07) is 17.1. The van der Waals surface area contributed by atoms with Crippen LogP contribution in [0.5, 0.6) is 11.5 Å². The molecule has 8 nitrogen and oxygen atoms in total. The molecule has 5 rings (SSSR count). The molecule has 1 aliphatic rings. The zero-order valence-electron chi connectivity index (χ0n) is 21.5. The van der Waals surface area contributed by atoms with Crippen LogP contribution in [0.2, 0.25) is 5.02 Å². The first-order chi connectivity index (χ1) is 18.9. The lowest BCUT2D eigenvalue weighted by molar-refractivity contribution is -0.114. The minimum Gasteiger partial charge on any atom is -0.489 e. The van der Waals surface area contributed by atoms with Crippen molar-refractivity contribution in [3.05, 3.63) is 89.7 Å². The minimum absolute atomic E-state index is 0.120. The highest BCUT2D eigenvalue weighted by Gasteiger charge is 2.26. The number of likely N-dealkylation sites (N-methyl/N-ethyl adjacent to an activating group) is 1. The second kappa shape index (κ2) is 11.7. The van der Waals surface area contributed by atoms with Gasteiger partial charge in [0.15, 0.2) is 5.75 Å². The lowest BCUT2D eigenvalue weighted by Crippen LogP contribution is -2.37. The largest absolute Gasteiger partial charge is 0.489 e. The summed E-state index contributed by atoms with van der Waals surface area (Å²) in [6.07, 6.45) is 3.18. The van der Waals surface area contributed by atoms with Gasteiger partial charge < -0.3 is 24.6 Å². The predicted octanol–water partition coefficient (Wildman–Crippen LogP) is 5.92. The number of nitrogens with one attached hydrogen (secondary N) is 1. The Morgan fingerprint density at radius 2 is 1.97 bits per heavy atom. The van der Waals surface area contributed by atoms with Gasteiger partial charge in [0.05, 0.1) is 28.2 Å². The highest BCUT2D eigenvalue weighted by atomic mass is 35.5. The Morgan fingerprint density at radius 1 is 1.18 bits per heavy atom. The van der Waals surface area contributed by atoms with Gasteiger partial charge in [-0.25, -0.2) is 9.97 Å². The van der Waals surface area contributed by atoms with E-state index in [1.165, 1.54) is 6.33 Å². The average molecular weight is 548 g/mol. The van der Waals surface area contributed by atoms with E-state index >= 15 is 0 Å². The number of amides is 1. The van der Waals surface area contributed by atoms with Gasteiger partial charge in [-0.2, -0.15) is 4.39 Å². The fraction of sp³-hybridized carbons (Fsp3) is 0.207. The zero-order valence-corrected chi connectivity index (χ0v) is 22.2. The van der Waals surface area contributed by atoms with Gasteiger partial charge in [-0.1, -0.05) is 35.9 Å². The van der Waals surface area contributed by atoms with Gasteiger partial charge in [-0.3, -0.25) is 4.79 Å². The van der Waals surface area contributed by atoms with Crippen LogP contribution in [0.1, 0.15) is 11.9 Å². The molecule has 0 bridgehead atoms. The fourth-order valence-corrected chi connectivity index (χ4v) is 4.42. The molecule has 1 amide bonds. The topological polar surface area (TPSA) is 79.8 Å². The molecular weight excluding hydrogens is 521 g/mol. The first kappa shape index (κ1) is 26.4. The quantitative estimate of drug-likeness (QED) is 0.274. The summed E-state index contributed by atoms with van der Waals surface area (Å²) in [5, 5.41) is 4.24. The van der Waals surface area contributed by atoms with Crippen LogP contribution in [-0.4, -0.2) is 54.6 Å². The Kier molecular flexibility index (Phi) is 7.90. The summed E-state index contributed by atoms with van der Waals surface area (Å²) in [5.74, 6) is 1.28. The van der Waals surface area contributed by atoms with E-state index in [1.807, 2.05) is 37.2 Å². The van der Waals surface area contributed by atoms with Gasteiger partial charge in [0.25, 0.3) is 12.3 Å². The molecule has 4 aromatic rings.